The Morgan fingerprint density at radius 1 is 1.33 bits per heavy atom. The Labute approximate surface area is 193 Å². The molecule has 1 aromatic carbocycles. The van der Waals surface area contributed by atoms with Gasteiger partial charge in [0.2, 0.25) is 5.91 Å². The number of aromatic hydroxyl groups is 1. The number of rotatable bonds is 3. The van der Waals surface area contributed by atoms with Crippen molar-refractivity contribution in [2.75, 3.05) is 20.6 Å². The van der Waals surface area contributed by atoms with Gasteiger partial charge in [-0.25, -0.2) is 0 Å². The topological polar surface area (TPSA) is 86.4 Å². The average molecular weight is 451 g/mol. The van der Waals surface area contributed by atoms with Crippen LogP contribution in [0.1, 0.15) is 36.5 Å². The summed E-state index contributed by atoms with van der Waals surface area (Å²) in [5.41, 5.74) is 1.29. The van der Waals surface area contributed by atoms with E-state index >= 15 is 0 Å². The largest absolute Gasteiger partial charge is 0.504 e. The van der Waals surface area contributed by atoms with E-state index in [1.54, 1.807) is 41.7 Å². The quantitative estimate of drug-likeness (QED) is 0.699. The number of aliphatic hydroxyl groups is 1. The molecule has 174 valence electrons. The minimum absolute atomic E-state index is 0.0106. The van der Waals surface area contributed by atoms with Crippen LogP contribution in [0.4, 0.5) is 0 Å². The number of likely N-dealkylation sites (N-methyl/N-ethyl adjacent to an activating group) is 2. The number of furan rings is 1. The Balaban J connectivity index is 1.45. The molecular weight excluding hydrogens is 420 g/mol. The minimum atomic E-state index is -0.983. The summed E-state index contributed by atoms with van der Waals surface area (Å²) in [6.45, 7) is 2.93. The number of nitrogens with zero attached hydrogens (tertiary/aromatic N) is 2. The second-order valence-electron chi connectivity index (χ2n) is 10.3. The average Bonchev–Trinajstić information content (AvgIpc) is 3.41. The van der Waals surface area contributed by atoms with Crippen LogP contribution >= 0.6 is 0 Å². The molecule has 0 radical (unpaired) electrons. The second-order valence-corrected chi connectivity index (χ2v) is 10.3. The standard InChI is InChI=1S/C26H30N2O5/c1-15-13-26(31)19-12-17-5-6-18(29)23-21(17)25(26,9-10-27(19)2)24(33-23)22(15)28(3)20(30)7-4-16-8-11-32-14-16/h4-8,11,14-15,19,22,24,29,31H,9-10,12-13H2,1-3H3/b7-4+/t15?,19-,22?,24?,25+,26-/m1/s1. The van der Waals surface area contributed by atoms with E-state index in [4.69, 9.17) is 9.15 Å². The van der Waals surface area contributed by atoms with E-state index in [1.165, 1.54) is 0 Å². The number of amides is 1. The van der Waals surface area contributed by atoms with Gasteiger partial charge in [-0.3, -0.25) is 4.79 Å². The van der Waals surface area contributed by atoms with Crippen molar-refractivity contribution in [1.29, 1.82) is 0 Å². The number of phenolic OH excluding ortho intramolecular Hbond substituents is 1. The highest BCUT2D eigenvalue weighted by Crippen LogP contribution is 2.66. The van der Waals surface area contributed by atoms with Crippen molar-refractivity contribution in [2.45, 2.75) is 55.4 Å². The second kappa shape index (κ2) is 6.87. The Kier molecular flexibility index (Phi) is 4.33. The van der Waals surface area contributed by atoms with Crippen LogP contribution in [0.5, 0.6) is 11.5 Å². The first-order chi connectivity index (χ1) is 15.8. The van der Waals surface area contributed by atoms with Crippen LogP contribution in [0.3, 0.4) is 0 Å². The van der Waals surface area contributed by atoms with Gasteiger partial charge in [0.1, 0.15) is 6.10 Å². The smallest absolute Gasteiger partial charge is 0.246 e. The lowest BCUT2D eigenvalue weighted by Crippen LogP contribution is -2.79. The van der Waals surface area contributed by atoms with Gasteiger partial charge in [0.25, 0.3) is 0 Å². The van der Waals surface area contributed by atoms with Crippen molar-refractivity contribution < 1.29 is 24.2 Å². The van der Waals surface area contributed by atoms with Crippen molar-refractivity contribution >= 4 is 12.0 Å². The van der Waals surface area contributed by atoms with Crippen LogP contribution in [-0.2, 0) is 16.6 Å². The Bertz CT molecular complexity index is 1140. The third kappa shape index (κ3) is 2.55. The number of hydrogen-bond donors (Lipinski definition) is 2. The zero-order chi connectivity index (χ0) is 23.1. The first-order valence-corrected chi connectivity index (χ1v) is 11.7. The molecule has 2 aliphatic heterocycles. The lowest BCUT2D eigenvalue weighted by molar-refractivity contribution is -0.208. The summed E-state index contributed by atoms with van der Waals surface area (Å²) in [6, 6.07) is 5.21. The SMILES string of the molecule is CC1C[C@@]2(O)[C@H]3Cc4ccc(O)c5c4[C@@]2(CCN3C)C(O5)C1N(C)C(=O)/C=C/c1ccoc1. The molecule has 1 saturated heterocycles. The summed E-state index contributed by atoms with van der Waals surface area (Å²) in [6.07, 6.45) is 8.06. The van der Waals surface area contributed by atoms with E-state index in [9.17, 15) is 15.0 Å². The first-order valence-electron chi connectivity index (χ1n) is 11.7. The van der Waals surface area contributed by atoms with Gasteiger partial charge >= 0.3 is 0 Å². The normalized spacial score (nSPS) is 36.5. The van der Waals surface area contributed by atoms with Crippen molar-refractivity contribution in [3.63, 3.8) is 0 Å². The summed E-state index contributed by atoms with van der Waals surface area (Å²) in [5, 5.41) is 23.1. The molecule has 33 heavy (non-hydrogen) atoms. The van der Waals surface area contributed by atoms with E-state index in [-0.39, 0.29) is 29.7 Å². The number of carbonyl (C=O) groups is 1. The summed E-state index contributed by atoms with van der Waals surface area (Å²) in [5.74, 6) is 0.487. The lowest BCUT2D eigenvalue weighted by Gasteiger charge is -2.65. The van der Waals surface area contributed by atoms with Crippen LogP contribution in [0.25, 0.3) is 6.08 Å². The number of hydrogen-bond acceptors (Lipinski definition) is 6. The molecule has 1 aromatic heterocycles. The maximum atomic E-state index is 13.2. The molecule has 7 heteroatoms. The summed E-state index contributed by atoms with van der Waals surface area (Å²) >= 11 is 0. The number of benzene rings is 1. The fourth-order valence-corrected chi connectivity index (χ4v) is 7.39. The third-order valence-corrected chi connectivity index (χ3v) is 8.81. The highest BCUT2D eigenvalue weighted by Gasteiger charge is 2.74. The zero-order valence-electron chi connectivity index (χ0n) is 19.2. The highest BCUT2D eigenvalue weighted by molar-refractivity contribution is 5.92. The van der Waals surface area contributed by atoms with Gasteiger partial charge < -0.3 is 29.2 Å². The molecule has 3 heterocycles. The molecule has 2 aromatic rings. The molecule has 4 aliphatic rings. The molecule has 1 spiro atoms. The molecule has 2 bridgehead atoms. The van der Waals surface area contributed by atoms with Gasteiger partial charge in [0.15, 0.2) is 11.5 Å². The monoisotopic (exact) mass is 450 g/mol. The Morgan fingerprint density at radius 3 is 2.91 bits per heavy atom. The van der Waals surface area contributed by atoms with Gasteiger partial charge in [0, 0.05) is 30.3 Å². The van der Waals surface area contributed by atoms with Gasteiger partial charge in [0.05, 0.1) is 29.6 Å². The van der Waals surface area contributed by atoms with Gasteiger partial charge in [-0.2, -0.15) is 0 Å². The third-order valence-electron chi connectivity index (χ3n) is 8.81. The number of likely N-dealkylation sites (tertiary alicyclic amines) is 1. The molecule has 1 saturated carbocycles. The van der Waals surface area contributed by atoms with Gasteiger partial charge in [-0.15, -0.1) is 0 Å². The van der Waals surface area contributed by atoms with Crippen LogP contribution in [-0.4, -0.2) is 70.3 Å². The van der Waals surface area contributed by atoms with Crippen LogP contribution in [0.15, 0.2) is 41.2 Å². The molecule has 3 unspecified atom stereocenters. The highest BCUT2D eigenvalue weighted by atomic mass is 16.5. The molecule has 2 fully saturated rings. The van der Waals surface area contributed by atoms with Crippen molar-refractivity contribution in [3.8, 4) is 11.5 Å². The van der Waals surface area contributed by atoms with Crippen LogP contribution in [0, 0.1) is 5.92 Å². The lowest BCUT2D eigenvalue weighted by atomic mass is 9.47. The van der Waals surface area contributed by atoms with Gasteiger partial charge in [-0.1, -0.05) is 13.0 Å². The van der Waals surface area contributed by atoms with Crippen LogP contribution < -0.4 is 4.74 Å². The number of phenols is 1. The van der Waals surface area contributed by atoms with E-state index in [0.29, 0.717) is 12.2 Å². The zero-order valence-corrected chi connectivity index (χ0v) is 19.2. The first kappa shape index (κ1) is 20.8. The van der Waals surface area contributed by atoms with Crippen LogP contribution in [0.2, 0.25) is 0 Å². The molecule has 2 N–H and O–H groups in total. The molecule has 6 rings (SSSR count). The van der Waals surface area contributed by atoms with E-state index < -0.39 is 17.1 Å². The minimum Gasteiger partial charge on any atom is -0.504 e. The summed E-state index contributed by atoms with van der Waals surface area (Å²) < 4.78 is 11.6. The maximum Gasteiger partial charge on any atom is 0.246 e. The summed E-state index contributed by atoms with van der Waals surface area (Å²) in [4.78, 5) is 17.2. The number of piperidine rings is 1. The molecular formula is C26H30N2O5. The Morgan fingerprint density at radius 2 is 2.15 bits per heavy atom. The predicted molar refractivity (Wildman–Crippen MR) is 122 cm³/mol. The van der Waals surface area contributed by atoms with Crippen molar-refractivity contribution in [1.82, 2.24) is 9.80 Å². The number of ether oxygens (including phenoxy) is 1. The van der Waals surface area contributed by atoms with Crippen molar-refractivity contribution in [2.24, 2.45) is 5.92 Å². The maximum absolute atomic E-state index is 13.2. The van der Waals surface area contributed by atoms with E-state index in [0.717, 1.165) is 36.1 Å². The molecule has 7 nitrogen and oxygen atoms in total. The summed E-state index contributed by atoms with van der Waals surface area (Å²) in [7, 11) is 3.90. The number of carbonyl (C=O) groups excluding carboxylic acids is 1. The van der Waals surface area contributed by atoms with Crippen molar-refractivity contribution in [3.05, 3.63) is 53.5 Å². The Hall–Kier alpha value is -2.77. The predicted octanol–water partition coefficient (Wildman–Crippen LogP) is 2.56. The fourth-order valence-electron chi connectivity index (χ4n) is 7.39. The molecule has 2 aliphatic carbocycles. The molecule has 1 amide bonds. The van der Waals surface area contributed by atoms with Gasteiger partial charge in [-0.05, 0) is 62.5 Å². The molecule has 6 atom stereocenters. The van der Waals surface area contributed by atoms with E-state index in [2.05, 4.69) is 18.9 Å². The fraction of sp³-hybridized carbons (Fsp3) is 0.500. The van der Waals surface area contributed by atoms with E-state index in [1.807, 2.05) is 13.1 Å².